The summed E-state index contributed by atoms with van der Waals surface area (Å²) in [5.41, 5.74) is 2.51. The molecular weight excluding hydrogens is 340 g/mol. The second-order valence-electron chi connectivity index (χ2n) is 5.89. The van der Waals surface area contributed by atoms with Crippen LogP contribution in [0.15, 0.2) is 40.9 Å². The highest BCUT2D eigenvalue weighted by atomic mass is 35.5. The molecule has 3 aromatic rings. The van der Waals surface area contributed by atoms with Gasteiger partial charge in [0.25, 0.3) is 5.89 Å². The predicted octanol–water partition coefficient (Wildman–Crippen LogP) is 5.16. The van der Waals surface area contributed by atoms with Gasteiger partial charge in [0.05, 0.1) is 23.8 Å². The maximum absolute atomic E-state index is 6.28. The molecule has 3 rings (SSSR count). The van der Waals surface area contributed by atoms with Crippen molar-refractivity contribution in [3.63, 3.8) is 0 Å². The molecule has 1 heterocycles. The van der Waals surface area contributed by atoms with Crippen molar-refractivity contribution in [1.82, 2.24) is 10.1 Å². The molecule has 0 spiro atoms. The number of hydrogen-bond donors (Lipinski definition) is 0. The Morgan fingerprint density at radius 3 is 2.64 bits per heavy atom. The summed E-state index contributed by atoms with van der Waals surface area (Å²) in [6.07, 6.45) is 0.0483. The molecule has 5 nitrogen and oxygen atoms in total. The number of aryl methyl sites for hydroxylation is 1. The topological polar surface area (TPSA) is 57.4 Å². The third-order valence-corrected chi connectivity index (χ3v) is 3.92. The molecule has 0 saturated carbocycles. The van der Waals surface area contributed by atoms with Crippen molar-refractivity contribution < 1.29 is 14.0 Å². The summed E-state index contributed by atoms with van der Waals surface area (Å²) in [6.45, 7) is 5.87. The van der Waals surface area contributed by atoms with Gasteiger partial charge in [0, 0.05) is 5.56 Å². The van der Waals surface area contributed by atoms with E-state index < -0.39 is 0 Å². The molecule has 0 fully saturated rings. The maximum Gasteiger partial charge on any atom is 0.258 e. The van der Waals surface area contributed by atoms with E-state index in [1.807, 2.05) is 45.0 Å². The molecule has 0 unspecified atom stereocenters. The van der Waals surface area contributed by atoms with Gasteiger partial charge in [-0.05, 0) is 50.6 Å². The molecule has 1 aromatic heterocycles. The SMILES string of the molecule is COc1c(C)cccc1-c1noc(-c2ccc(OC(C)C)c(Cl)c2)n1. The average Bonchev–Trinajstić information content (AvgIpc) is 3.06. The van der Waals surface area contributed by atoms with Gasteiger partial charge in [0.2, 0.25) is 5.82 Å². The van der Waals surface area contributed by atoms with Crippen molar-refractivity contribution >= 4 is 11.6 Å². The number of nitrogens with zero attached hydrogens (tertiary/aromatic N) is 2. The van der Waals surface area contributed by atoms with E-state index in [4.69, 9.17) is 25.6 Å². The molecular formula is C19H19ClN2O3. The number of benzene rings is 2. The third kappa shape index (κ3) is 3.61. The molecule has 0 saturated heterocycles. The van der Waals surface area contributed by atoms with Gasteiger partial charge in [0.1, 0.15) is 11.5 Å². The van der Waals surface area contributed by atoms with Crippen LogP contribution in [-0.4, -0.2) is 23.4 Å². The van der Waals surface area contributed by atoms with E-state index in [2.05, 4.69) is 10.1 Å². The Hall–Kier alpha value is -2.53. The molecule has 0 aliphatic heterocycles. The molecule has 2 aromatic carbocycles. The van der Waals surface area contributed by atoms with Crippen molar-refractivity contribution in [1.29, 1.82) is 0 Å². The van der Waals surface area contributed by atoms with E-state index >= 15 is 0 Å². The number of hydrogen-bond acceptors (Lipinski definition) is 5. The number of halogens is 1. The number of methoxy groups -OCH3 is 1. The Labute approximate surface area is 151 Å². The van der Waals surface area contributed by atoms with Crippen molar-refractivity contribution in [2.24, 2.45) is 0 Å². The molecule has 6 heteroatoms. The summed E-state index contributed by atoms with van der Waals surface area (Å²) >= 11 is 6.28. The summed E-state index contributed by atoms with van der Waals surface area (Å²) in [5, 5.41) is 4.57. The Balaban J connectivity index is 1.95. The van der Waals surface area contributed by atoms with Crippen LogP contribution in [0.1, 0.15) is 19.4 Å². The van der Waals surface area contributed by atoms with E-state index in [0.717, 1.165) is 22.4 Å². The second-order valence-corrected chi connectivity index (χ2v) is 6.30. The molecule has 0 aliphatic carbocycles. The molecule has 0 amide bonds. The first-order chi connectivity index (χ1) is 12.0. The van der Waals surface area contributed by atoms with Gasteiger partial charge >= 0.3 is 0 Å². The molecule has 0 atom stereocenters. The van der Waals surface area contributed by atoms with Crippen molar-refractivity contribution in [3.8, 4) is 34.3 Å². The zero-order valence-corrected chi connectivity index (χ0v) is 15.3. The lowest BCUT2D eigenvalue weighted by molar-refractivity contribution is 0.242. The lowest BCUT2D eigenvalue weighted by atomic mass is 10.1. The highest BCUT2D eigenvalue weighted by Gasteiger charge is 2.16. The molecule has 25 heavy (non-hydrogen) atoms. The zero-order chi connectivity index (χ0) is 18.0. The van der Waals surface area contributed by atoms with Crippen LogP contribution in [-0.2, 0) is 0 Å². The van der Waals surface area contributed by atoms with Crippen LogP contribution in [0.2, 0.25) is 5.02 Å². The van der Waals surface area contributed by atoms with E-state index in [0.29, 0.717) is 22.5 Å². The largest absolute Gasteiger partial charge is 0.496 e. The summed E-state index contributed by atoms with van der Waals surface area (Å²) in [4.78, 5) is 4.47. The van der Waals surface area contributed by atoms with E-state index in [1.54, 1.807) is 19.2 Å². The number of para-hydroxylation sites is 1. The summed E-state index contributed by atoms with van der Waals surface area (Å²) < 4.78 is 16.5. The summed E-state index contributed by atoms with van der Waals surface area (Å²) in [6, 6.07) is 11.2. The van der Waals surface area contributed by atoms with Crippen LogP contribution in [0.25, 0.3) is 22.8 Å². The van der Waals surface area contributed by atoms with Crippen LogP contribution in [0.5, 0.6) is 11.5 Å². The fraction of sp³-hybridized carbons (Fsp3) is 0.263. The minimum atomic E-state index is 0.0483. The highest BCUT2D eigenvalue weighted by Crippen LogP contribution is 2.34. The van der Waals surface area contributed by atoms with Gasteiger partial charge in [-0.15, -0.1) is 0 Å². The highest BCUT2D eigenvalue weighted by molar-refractivity contribution is 6.32. The van der Waals surface area contributed by atoms with E-state index in [9.17, 15) is 0 Å². The first-order valence-electron chi connectivity index (χ1n) is 7.94. The zero-order valence-electron chi connectivity index (χ0n) is 14.5. The average molecular weight is 359 g/mol. The van der Waals surface area contributed by atoms with Crippen LogP contribution in [0, 0.1) is 6.92 Å². The van der Waals surface area contributed by atoms with Crippen LogP contribution in [0.3, 0.4) is 0 Å². The first kappa shape index (κ1) is 17.3. The lowest BCUT2D eigenvalue weighted by Gasteiger charge is -2.11. The van der Waals surface area contributed by atoms with Gasteiger partial charge in [-0.1, -0.05) is 28.9 Å². The van der Waals surface area contributed by atoms with Gasteiger partial charge < -0.3 is 14.0 Å². The molecule has 0 bridgehead atoms. The van der Waals surface area contributed by atoms with Crippen molar-refractivity contribution in [2.75, 3.05) is 7.11 Å². The minimum Gasteiger partial charge on any atom is -0.496 e. The van der Waals surface area contributed by atoms with Crippen LogP contribution in [0.4, 0.5) is 0 Å². The lowest BCUT2D eigenvalue weighted by Crippen LogP contribution is -2.05. The quantitative estimate of drug-likeness (QED) is 0.630. The predicted molar refractivity (Wildman–Crippen MR) is 97.2 cm³/mol. The second kappa shape index (κ2) is 7.15. The van der Waals surface area contributed by atoms with Gasteiger partial charge in [0.15, 0.2) is 0 Å². The molecule has 130 valence electrons. The van der Waals surface area contributed by atoms with Gasteiger partial charge in [-0.3, -0.25) is 0 Å². The van der Waals surface area contributed by atoms with Crippen molar-refractivity contribution in [2.45, 2.75) is 26.9 Å². The third-order valence-electron chi connectivity index (χ3n) is 3.62. The Morgan fingerprint density at radius 1 is 1.16 bits per heavy atom. The monoisotopic (exact) mass is 358 g/mol. The summed E-state index contributed by atoms with van der Waals surface area (Å²) in [7, 11) is 1.63. The fourth-order valence-corrected chi connectivity index (χ4v) is 2.76. The van der Waals surface area contributed by atoms with Crippen LogP contribution < -0.4 is 9.47 Å². The molecule has 0 N–H and O–H groups in total. The summed E-state index contributed by atoms with van der Waals surface area (Å²) in [5.74, 6) is 2.21. The smallest absolute Gasteiger partial charge is 0.258 e. The Morgan fingerprint density at radius 2 is 1.96 bits per heavy atom. The molecule has 0 aliphatic rings. The fourth-order valence-electron chi connectivity index (χ4n) is 2.53. The number of aromatic nitrogens is 2. The van der Waals surface area contributed by atoms with Gasteiger partial charge in [-0.25, -0.2) is 0 Å². The number of ether oxygens (including phenoxy) is 2. The van der Waals surface area contributed by atoms with Crippen molar-refractivity contribution in [3.05, 3.63) is 47.0 Å². The normalized spacial score (nSPS) is 11.0. The van der Waals surface area contributed by atoms with E-state index in [-0.39, 0.29) is 6.10 Å². The first-order valence-corrected chi connectivity index (χ1v) is 8.31. The maximum atomic E-state index is 6.28. The molecule has 0 radical (unpaired) electrons. The van der Waals surface area contributed by atoms with E-state index in [1.165, 1.54) is 0 Å². The van der Waals surface area contributed by atoms with Gasteiger partial charge in [-0.2, -0.15) is 4.98 Å². The Kier molecular flexibility index (Phi) is 4.95. The standard InChI is InChI=1S/C19H19ClN2O3/c1-11(2)24-16-9-8-13(10-15(16)20)19-21-18(22-25-19)14-7-5-6-12(3)17(14)23-4/h5-11H,1-4H3. The Bertz CT molecular complexity index is 890. The van der Waals surface area contributed by atoms with Crippen LogP contribution >= 0.6 is 11.6 Å². The number of rotatable bonds is 5. The minimum absolute atomic E-state index is 0.0483.